The van der Waals surface area contributed by atoms with Gasteiger partial charge in [0, 0.05) is 19.5 Å². The molecule has 0 fully saturated rings. The van der Waals surface area contributed by atoms with E-state index in [0.717, 1.165) is 5.92 Å². The highest BCUT2D eigenvalue weighted by Gasteiger charge is 2.46. The van der Waals surface area contributed by atoms with Gasteiger partial charge in [-0.25, -0.2) is 0 Å². The van der Waals surface area contributed by atoms with Crippen molar-refractivity contribution in [3.05, 3.63) is 51.7 Å². The van der Waals surface area contributed by atoms with Gasteiger partial charge in [0.1, 0.15) is 0 Å². The summed E-state index contributed by atoms with van der Waals surface area (Å²) in [7, 11) is -1.33. The highest BCUT2D eigenvalue weighted by Crippen LogP contribution is 2.79. The molecule has 4 rings (SSSR count). The van der Waals surface area contributed by atoms with Gasteiger partial charge in [-0.1, -0.05) is 153 Å². The van der Waals surface area contributed by atoms with Crippen molar-refractivity contribution in [3.8, 4) is 9.75 Å². The Labute approximate surface area is 295 Å². The summed E-state index contributed by atoms with van der Waals surface area (Å²) in [5, 5.41) is 0. The van der Waals surface area contributed by atoms with Crippen molar-refractivity contribution in [2.24, 2.45) is 5.92 Å². The monoisotopic (exact) mass is 682 g/mol. The molecule has 2 aromatic heterocycles. The molecule has 260 valence electrons. The molecule has 0 spiro atoms. The predicted octanol–water partition coefficient (Wildman–Crippen LogP) is 16.0. The van der Waals surface area contributed by atoms with Gasteiger partial charge < -0.3 is 0 Å². The fraction of sp³-hybridized carbons (Fsp3) is 0.674. The molecule has 0 unspecified atom stereocenters. The van der Waals surface area contributed by atoms with E-state index in [1.54, 1.807) is 34.2 Å². The molecule has 0 N–H and O–H groups in total. The van der Waals surface area contributed by atoms with Crippen LogP contribution >= 0.6 is 32.7 Å². The molecule has 3 heterocycles. The maximum atomic E-state index is 2.68. The van der Waals surface area contributed by atoms with Crippen molar-refractivity contribution in [2.45, 2.75) is 192 Å². The third kappa shape index (κ3) is 9.78. The Balaban J connectivity index is 0.00000185. The highest BCUT2D eigenvalue weighted by molar-refractivity contribution is 8.34. The Bertz CT molecular complexity index is 1220. The highest BCUT2D eigenvalue weighted by atomic mass is 32.3. The molecule has 0 atom stereocenters. The summed E-state index contributed by atoms with van der Waals surface area (Å²) in [6.07, 6.45) is 18.7. The van der Waals surface area contributed by atoms with E-state index >= 15 is 0 Å². The molecule has 0 aliphatic carbocycles. The number of aryl methyl sites for hydroxylation is 1. The molecule has 1 aromatic carbocycles. The molecule has 0 saturated carbocycles. The van der Waals surface area contributed by atoms with Gasteiger partial charge in [0.25, 0.3) is 0 Å². The van der Waals surface area contributed by atoms with E-state index in [0.29, 0.717) is 0 Å². The van der Waals surface area contributed by atoms with Crippen molar-refractivity contribution >= 4 is 32.7 Å². The van der Waals surface area contributed by atoms with Crippen LogP contribution in [0.2, 0.25) is 0 Å². The molecule has 3 heteroatoms. The lowest BCUT2D eigenvalue weighted by Crippen LogP contribution is -2.16. The van der Waals surface area contributed by atoms with Gasteiger partial charge in [-0.2, -0.15) is 10.0 Å². The first kappa shape index (κ1) is 39.4. The standard InChI is InChI=1S/C40H62S3.C3H8/c1-10-13-16-17-18-19-22-30-23-25-32(26-24-30)43(29-31(20-14-11-2)21-15-12-3)33-27-35(39(4,5)6)41-37(33)38-34(43)28-36(42-38)40(7,8)9;1-3-2/h23-28,31H,10-22,29H2,1-9H3;3H2,1-2H3. The second-order valence-corrected chi connectivity index (χ2v) is 21.3. The molecule has 1 aliphatic heterocycles. The van der Waals surface area contributed by atoms with Crippen molar-refractivity contribution in [1.82, 2.24) is 0 Å². The normalized spacial score (nSPS) is 14.6. The summed E-state index contributed by atoms with van der Waals surface area (Å²) in [6.45, 7) is 25.7. The quantitative estimate of drug-likeness (QED) is 0.132. The van der Waals surface area contributed by atoms with Crippen molar-refractivity contribution in [2.75, 3.05) is 5.75 Å². The van der Waals surface area contributed by atoms with E-state index in [4.69, 9.17) is 0 Å². The molecule has 0 nitrogen and oxygen atoms in total. The van der Waals surface area contributed by atoms with E-state index < -0.39 is 10.0 Å². The summed E-state index contributed by atoms with van der Waals surface area (Å²) >= 11 is 4.22. The van der Waals surface area contributed by atoms with E-state index in [-0.39, 0.29) is 10.8 Å². The Morgan fingerprint density at radius 3 is 1.46 bits per heavy atom. The second-order valence-electron chi connectivity index (χ2n) is 16.0. The Morgan fingerprint density at radius 2 is 1.02 bits per heavy atom. The summed E-state index contributed by atoms with van der Waals surface area (Å²) in [5.74, 6) is 2.11. The van der Waals surface area contributed by atoms with Crippen LogP contribution in [0.15, 0.2) is 51.1 Å². The average Bonchev–Trinajstić information content (AvgIpc) is 3.70. The maximum Gasteiger partial charge on any atom is 0.0584 e. The summed E-state index contributed by atoms with van der Waals surface area (Å²) < 4.78 is 0. The molecule has 3 aromatic rings. The lowest BCUT2D eigenvalue weighted by Gasteiger charge is -2.41. The number of fused-ring (bicyclic) bond motifs is 3. The SMILES string of the molecule is CCC.CCCCCCCCc1ccc(S2(CC(CCCC)CCCC)c3cc(C(C)(C)C)sc3-c3sc(C(C)(C)C)cc32)cc1. The van der Waals surface area contributed by atoms with Crippen LogP contribution in [0.4, 0.5) is 0 Å². The van der Waals surface area contributed by atoms with Crippen LogP contribution in [0.25, 0.3) is 9.75 Å². The fourth-order valence-electron chi connectivity index (χ4n) is 6.62. The minimum atomic E-state index is -1.33. The first-order valence-corrected chi connectivity index (χ1v) is 22.5. The third-order valence-electron chi connectivity index (χ3n) is 9.39. The van der Waals surface area contributed by atoms with Gasteiger partial charge in [0.05, 0.1) is 9.75 Å². The van der Waals surface area contributed by atoms with E-state index in [1.165, 1.54) is 101 Å². The van der Waals surface area contributed by atoms with Gasteiger partial charge in [-0.15, -0.1) is 22.7 Å². The van der Waals surface area contributed by atoms with Crippen LogP contribution in [0.3, 0.4) is 0 Å². The molecule has 0 bridgehead atoms. The van der Waals surface area contributed by atoms with Crippen LogP contribution in [-0.2, 0) is 17.3 Å². The van der Waals surface area contributed by atoms with Crippen LogP contribution < -0.4 is 0 Å². The second kappa shape index (κ2) is 18.1. The molecule has 46 heavy (non-hydrogen) atoms. The van der Waals surface area contributed by atoms with Crippen molar-refractivity contribution in [3.63, 3.8) is 0 Å². The largest absolute Gasteiger partial charge is 0.157 e. The first-order valence-electron chi connectivity index (χ1n) is 19.1. The molecular formula is C43H70S3. The van der Waals surface area contributed by atoms with Crippen LogP contribution in [0.1, 0.15) is 175 Å². The zero-order valence-electron chi connectivity index (χ0n) is 31.9. The van der Waals surface area contributed by atoms with Gasteiger partial charge in [0.2, 0.25) is 0 Å². The van der Waals surface area contributed by atoms with Crippen LogP contribution in [-0.4, -0.2) is 5.75 Å². The predicted molar refractivity (Wildman–Crippen MR) is 214 cm³/mol. The molecule has 1 aliphatic rings. The topological polar surface area (TPSA) is 0 Å². The van der Waals surface area contributed by atoms with Gasteiger partial charge in [-0.3, -0.25) is 0 Å². The van der Waals surface area contributed by atoms with Gasteiger partial charge >= 0.3 is 0 Å². The summed E-state index contributed by atoms with van der Waals surface area (Å²) in [5.41, 5.74) is 1.88. The minimum Gasteiger partial charge on any atom is -0.157 e. The fourth-order valence-corrected chi connectivity index (χ4v) is 14.8. The first-order chi connectivity index (χ1) is 21.9. The number of unbranched alkanes of at least 4 members (excludes halogenated alkanes) is 7. The number of benzene rings is 1. The summed E-state index contributed by atoms with van der Waals surface area (Å²) in [6, 6.07) is 15.5. The Hall–Kier alpha value is -1.03. The lowest BCUT2D eigenvalue weighted by molar-refractivity contribution is 0.459. The van der Waals surface area contributed by atoms with Gasteiger partial charge in [-0.05, 0) is 82.9 Å². The van der Waals surface area contributed by atoms with Crippen molar-refractivity contribution in [1.29, 1.82) is 0 Å². The minimum absolute atomic E-state index is 0.176. The average molecular weight is 683 g/mol. The lowest BCUT2D eigenvalue weighted by atomic mass is 9.95. The number of hydrogen-bond acceptors (Lipinski definition) is 2. The van der Waals surface area contributed by atoms with E-state index in [2.05, 4.69) is 135 Å². The molecule has 0 radical (unpaired) electrons. The number of hydrogen-bond donors (Lipinski definition) is 0. The third-order valence-corrected chi connectivity index (χ3v) is 17.1. The molecular weight excluding hydrogens is 613 g/mol. The van der Waals surface area contributed by atoms with Crippen molar-refractivity contribution < 1.29 is 0 Å². The van der Waals surface area contributed by atoms with E-state index in [9.17, 15) is 0 Å². The van der Waals surface area contributed by atoms with Crippen LogP contribution in [0, 0.1) is 5.92 Å². The Morgan fingerprint density at radius 1 is 0.587 bits per heavy atom. The Kier molecular flexibility index (Phi) is 15.5. The number of rotatable bonds is 16. The molecule has 0 saturated heterocycles. The molecule has 0 amide bonds. The zero-order chi connectivity index (χ0) is 34.0. The zero-order valence-corrected chi connectivity index (χ0v) is 34.3. The number of thiophene rings is 2. The smallest absolute Gasteiger partial charge is 0.0584 e. The van der Waals surface area contributed by atoms with Gasteiger partial charge in [0.15, 0.2) is 0 Å². The van der Waals surface area contributed by atoms with E-state index in [1.807, 2.05) is 0 Å². The maximum absolute atomic E-state index is 2.68. The summed E-state index contributed by atoms with van der Waals surface area (Å²) in [4.78, 5) is 11.4. The van der Waals surface area contributed by atoms with Crippen LogP contribution in [0.5, 0.6) is 0 Å².